The van der Waals surface area contributed by atoms with E-state index in [-0.39, 0.29) is 35.6 Å². The summed E-state index contributed by atoms with van der Waals surface area (Å²) in [6.07, 6.45) is 1.49. The molecule has 1 aromatic carbocycles. The lowest BCUT2D eigenvalue weighted by Gasteiger charge is -2.27. The first-order valence-electron chi connectivity index (χ1n) is 9.53. The molecule has 7 heteroatoms. The number of amides is 1. The fourth-order valence-electron chi connectivity index (χ4n) is 3.49. The average molecular weight is 406 g/mol. The van der Waals surface area contributed by atoms with Gasteiger partial charge in [-0.25, -0.2) is 0 Å². The second-order valence-corrected chi connectivity index (χ2v) is 8.49. The van der Waals surface area contributed by atoms with Crippen LogP contribution in [0.2, 0.25) is 0 Å². The second-order valence-electron chi connectivity index (χ2n) is 7.29. The van der Waals surface area contributed by atoms with Crippen LogP contribution < -0.4 is 0 Å². The fraction of sp³-hybridized carbons (Fsp3) is 0.524. The quantitative estimate of drug-likeness (QED) is 0.679. The highest BCUT2D eigenvalue weighted by Gasteiger charge is 2.37. The van der Waals surface area contributed by atoms with Crippen molar-refractivity contribution in [1.82, 2.24) is 4.90 Å². The van der Waals surface area contributed by atoms with Gasteiger partial charge in [0.15, 0.2) is 10.9 Å². The number of carbonyl (C=O) groups is 4. The molecule has 0 radical (unpaired) electrons. The number of carboxylic acid groups (broad SMARTS) is 1. The van der Waals surface area contributed by atoms with Crippen molar-refractivity contribution in [3.63, 3.8) is 0 Å². The molecule has 1 aliphatic heterocycles. The van der Waals surface area contributed by atoms with E-state index in [1.54, 1.807) is 11.8 Å². The van der Waals surface area contributed by atoms with E-state index in [1.807, 2.05) is 30.3 Å². The molecule has 0 saturated carbocycles. The van der Waals surface area contributed by atoms with Crippen LogP contribution in [0.15, 0.2) is 30.3 Å². The SMILES string of the molecule is CC(=O)SC[C@@H](C)C(=O)N1CCC[C@H]1C(=O)C[C@@H](Cc1ccccc1)C(=O)O. The van der Waals surface area contributed by atoms with Crippen molar-refractivity contribution in [1.29, 1.82) is 0 Å². The summed E-state index contributed by atoms with van der Waals surface area (Å²) in [5, 5.41) is 9.50. The van der Waals surface area contributed by atoms with Crippen molar-refractivity contribution in [3.05, 3.63) is 35.9 Å². The Morgan fingerprint density at radius 3 is 2.50 bits per heavy atom. The maximum Gasteiger partial charge on any atom is 0.307 e. The summed E-state index contributed by atoms with van der Waals surface area (Å²) in [5.74, 6) is -2.11. The van der Waals surface area contributed by atoms with Gasteiger partial charge in [-0.05, 0) is 24.8 Å². The molecule has 0 aromatic heterocycles. The summed E-state index contributed by atoms with van der Waals surface area (Å²) >= 11 is 1.10. The molecule has 152 valence electrons. The Balaban J connectivity index is 2.01. The summed E-state index contributed by atoms with van der Waals surface area (Å²) in [6, 6.07) is 8.68. The molecule has 6 nitrogen and oxygen atoms in total. The zero-order valence-electron chi connectivity index (χ0n) is 16.3. The number of ketones is 1. The Morgan fingerprint density at radius 1 is 1.21 bits per heavy atom. The standard InChI is InChI=1S/C21H27NO5S/c1-14(13-28-15(2)23)20(25)22-10-6-9-18(22)19(24)12-17(21(26)27)11-16-7-4-3-5-8-16/h3-5,7-8,14,17-18H,6,9-13H2,1-2H3,(H,26,27)/t14-,17-,18+/m1/s1. The maximum absolute atomic E-state index is 12.8. The molecule has 1 saturated heterocycles. The highest BCUT2D eigenvalue weighted by molar-refractivity contribution is 8.13. The molecular formula is C21H27NO5S. The Kier molecular flexibility index (Phi) is 8.23. The molecule has 0 spiro atoms. The van der Waals surface area contributed by atoms with Gasteiger partial charge in [0.05, 0.1) is 12.0 Å². The van der Waals surface area contributed by atoms with Gasteiger partial charge in [0, 0.05) is 31.6 Å². The number of nitrogens with zero attached hydrogens (tertiary/aromatic N) is 1. The molecule has 1 aliphatic rings. The first-order chi connectivity index (χ1) is 13.3. The van der Waals surface area contributed by atoms with Crippen LogP contribution in [-0.4, -0.2) is 51.1 Å². The molecule has 1 fully saturated rings. The van der Waals surface area contributed by atoms with Gasteiger partial charge < -0.3 is 10.0 Å². The minimum absolute atomic E-state index is 0.0427. The van der Waals surface area contributed by atoms with Gasteiger partial charge in [0.2, 0.25) is 5.91 Å². The third-order valence-corrected chi connectivity index (χ3v) is 6.06. The Hall–Kier alpha value is -2.15. The summed E-state index contributed by atoms with van der Waals surface area (Å²) in [5.41, 5.74) is 0.872. The van der Waals surface area contributed by atoms with Crippen LogP contribution in [0, 0.1) is 11.8 Å². The fourth-order valence-corrected chi connectivity index (χ4v) is 4.11. The molecular weight excluding hydrogens is 378 g/mol. The number of carboxylic acids is 1. The Bertz CT molecular complexity index is 721. The zero-order chi connectivity index (χ0) is 20.7. The van der Waals surface area contributed by atoms with Crippen molar-refractivity contribution in [2.24, 2.45) is 11.8 Å². The topological polar surface area (TPSA) is 91.8 Å². The summed E-state index contributed by atoms with van der Waals surface area (Å²) in [4.78, 5) is 49.9. The molecule has 1 N–H and O–H groups in total. The number of aliphatic carboxylic acids is 1. The lowest BCUT2D eigenvalue weighted by molar-refractivity contribution is -0.145. The molecule has 28 heavy (non-hydrogen) atoms. The lowest BCUT2D eigenvalue weighted by Crippen LogP contribution is -2.44. The van der Waals surface area contributed by atoms with Crippen molar-refractivity contribution < 1.29 is 24.3 Å². The first-order valence-corrected chi connectivity index (χ1v) is 10.5. The van der Waals surface area contributed by atoms with Crippen LogP contribution in [0.5, 0.6) is 0 Å². The van der Waals surface area contributed by atoms with Gasteiger partial charge in [0.1, 0.15) is 0 Å². The van der Waals surface area contributed by atoms with Crippen LogP contribution in [0.3, 0.4) is 0 Å². The minimum atomic E-state index is -1.00. The number of hydrogen-bond acceptors (Lipinski definition) is 5. The summed E-state index contributed by atoms with van der Waals surface area (Å²) in [6.45, 7) is 3.72. The van der Waals surface area contributed by atoms with Crippen molar-refractivity contribution in [2.45, 2.75) is 45.6 Å². The predicted molar refractivity (Wildman–Crippen MR) is 108 cm³/mol. The largest absolute Gasteiger partial charge is 0.481 e. The average Bonchev–Trinajstić information content (AvgIpc) is 3.15. The van der Waals surface area contributed by atoms with E-state index in [0.29, 0.717) is 18.7 Å². The van der Waals surface area contributed by atoms with Gasteiger partial charge in [-0.15, -0.1) is 0 Å². The highest BCUT2D eigenvalue weighted by atomic mass is 32.2. The number of rotatable bonds is 9. The van der Waals surface area contributed by atoms with Crippen LogP contribution in [-0.2, 0) is 25.6 Å². The minimum Gasteiger partial charge on any atom is -0.481 e. The van der Waals surface area contributed by atoms with Crippen molar-refractivity contribution in [2.75, 3.05) is 12.3 Å². The molecule has 1 amide bonds. The maximum atomic E-state index is 12.8. The number of hydrogen-bond donors (Lipinski definition) is 1. The van der Waals surface area contributed by atoms with Crippen LogP contribution in [0.25, 0.3) is 0 Å². The highest BCUT2D eigenvalue weighted by Crippen LogP contribution is 2.25. The van der Waals surface area contributed by atoms with E-state index >= 15 is 0 Å². The first kappa shape index (κ1) is 22.1. The normalized spacial score (nSPS) is 18.5. The lowest BCUT2D eigenvalue weighted by atomic mass is 9.91. The third kappa shape index (κ3) is 6.19. The van der Waals surface area contributed by atoms with Crippen molar-refractivity contribution >= 4 is 34.5 Å². The number of likely N-dealkylation sites (tertiary alicyclic amines) is 1. The zero-order valence-corrected chi connectivity index (χ0v) is 17.1. The number of Topliss-reactive ketones (excluding diaryl/α,β-unsaturated/α-hetero) is 1. The van der Waals surface area contributed by atoms with Gasteiger partial charge in [0.25, 0.3) is 0 Å². The van der Waals surface area contributed by atoms with E-state index < -0.39 is 17.9 Å². The molecule has 3 atom stereocenters. The van der Waals surface area contributed by atoms with Gasteiger partial charge >= 0.3 is 5.97 Å². The smallest absolute Gasteiger partial charge is 0.307 e. The van der Waals surface area contributed by atoms with Gasteiger partial charge in [-0.2, -0.15) is 0 Å². The monoisotopic (exact) mass is 405 g/mol. The molecule has 0 unspecified atom stereocenters. The van der Waals surface area contributed by atoms with E-state index in [4.69, 9.17) is 0 Å². The summed E-state index contributed by atoms with van der Waals surface area (Å²) in [7, 11) is 0. The number of benzene rings is 1. The van der Waals surface area contributed by atoms with Gasteiger partial charge in [-0.1, -0.05) is 49.0 Å². The van der Waals surface area contributed by atoms with E-state index in [9.17, 15) is 24.3 Å². The number of thioether (sulfide) groups is 1. The Labute approximate surface area is 169 Å². The van der Waals surface area contributed by atoms with E-state index in [0.717, 1.165) is 23.7 Å². The summed E-state index contributed by atoms with van der Waals surface area (Å²) < 4.78 is 0. The van der Waals surface area contributed by atoms with Crippen LogP contribution >= 0.6 is 11.8 Å². The van der Waals surface area contributed by atoms with Crippen molar-refractivity contribution in [3.8, 4) is 0 Å². The van der Waals surface area contributed by atoms with E-state index in [2.05, 4.69) is 0 Å². The molecule has 1 aromatic rings. The second kappa shape index (κ2) is 10.4. The number of carbonyl (C=O) groups excluding carboxylic acids is 3. The molecule has 2 rings (SSSR count). The van der Waals surface area contributed by atoms with Crippen LogP contribution in [0.1, 0.15) is 38.7 Å². The predicted octanol–water partition coefficient (Wildman–Crippen LogP) is 2.80. The third-order valence-electron chi connectivity index (χ3n) is 4.99. The van der Waals surface area contributed by atoms with E-state index in [1.165, 1.54) is 6.92 Å². The molecule has 0 bridgehead atoms. The Morgan fingerprint density at radius 2 is 1.89 bits per heavy atom. The molecule has 0 aliphatic carbocycles. The van der Waals surface area contributed by atoms with Gasteiger partial charge in [-0.3, -0.25) is 19.2 Å². The van der Waals surface area contributed by atoms with Crippen LogP contribution in [0.4, 0.5) is 0 Å². The molecule has 1 heterocycles.